The Kier molecular flexibility index (Phi) is 5.71. The minimum Gasteiger partial charge on any atom is -0.416 e. The predicted molar refractivity (Wildman–Crippen MR) is 136 cm³/mol. The van der Waals surface area contributed by atoms with Crippen LogP contribution in [-0.4, -0.2) is 54.8 Å². The van der Waals surface area contributed by atoms with E-state index in [1.165, 1.54) is 0 Å². The summed E-state index contributed by atoms with van der Waals surface area (Å²) in [6, 6.07) is 7.98. The minimum absolute atomic E-state index is 0.0211. The van der Waals surface area contributed by atoms with Crippen molar-refractivity contribution in [2.24, 2.45) is 0 Å². The SMILES string of the molecule is Cc1[nH]ncc1Nc1nccc(-c2ccc3c(c2)CN(C)CC[C@@H]3NC(=O)c2nnc(C3(C)CC3)o2)n1. The zero-order valence-corrected chi connectivity index (χ0v) is 21.1. The molecular formula is C26H29N9O2. The number of anilines is 2. The van der Waals surface area contributed by atoms with Crippen LogP contribution in [-0.2, 0) is 12.0 Å². The molecule has 0 spiro atoms. The van der Waals surface area contributed by atoms with E-state index in [1.54, 1.807) is 12.4 Å². The molecule has 1 aliphatic carbocycles. The fourth-order valence-corrected chi connectivity index (χ4v) is 4.62. The van der Waals surface area contributed by atoms with Crippen molar-refractivity contribution in [3.63, 3.8) is 0 Å². The molecule has 1 amide bonds. The molecule has 1 saturated carbocycles. The molecular weight excluding hydrogens is 470 g/mol. The largest absolute Gasteiger partial charge is 0.416 e. The monoisotopic (exact) mass is 499 g/mol. The topological polar surface area (TPSA) is 138 Å². The fourth-order valence-electron chi connectivity index (χ4n) is 4.62. The average molecular weight is 500 g/mol. The number of amides is 1. The van der Waals surface area contributed by atoms with E-state index in [4.69, 9.17) is 9.40 Å². The Balaban J connectivity index is 1.24. The van der Waals surface area contributed by atoms with Gasteiger partial charge in [-0.1, -0.05) is 19.1 Å². The van der Waals surface area contributed by atoms with E-state index in [0.29, 0.717) is 11.8 Å². The quantitative estimate of drug-likeness (QED) is 0.363. The van der Waals surface area contributed by atoms with Crippen molar-refractivity contribution >= 4 is 17.5 Å². The highest BCUT2D eigenvalue weighted by Crippen LogP contribution is 2.46. The summed E-state index contributed by atoms with van der Waals surface area (Å²) in [5, 5.41) is 21.4. The van der Waals surface area contributed by atoms with Crippen LogP contribution in [0.5, 0.6) is 0 Å². The maximum Gasteiger partial charge on any atom is 0.309 e. The maximum atomic E-state index is 13.0. The Morgan fingerprint density at radius 3 is 2.89 bits per heavy atom. The molecule has 0 bridgehead atoms. The van der Waals surface area contributed by atoms with Crippen molar-refractivity contribution in [2.45, 2.75) is 51.1 Å². The zero-order valence-electron chi connectivity index (χ0n) is 21.1. The maximum absolute atomic E-state index is 13.0. The van der Waals surface area contributed by atoms with Crippen LogP contribution in [0.15, 0.2) is 41.1 Å². The van der Waals surface area contributed by atoms with Crippen LogP contribution in [0.4, 0.5) is 11.6 Å². The van der Waals surface area contributed by atoms with Gasteiger partial charge in [-0.05, 0) is 56.5 Å². The number of H-pyrrole nitrogens is 1. The predicted octanol–water partition coefficient (Wildman–Crippen LogP) is 3.66. The van der Waals surface area contributed by atoms with E-state index in [9.17, 15) is 4.79 Å². The van der Waals surface area contributed by atoms with Crippen LogP contribution in [0.3, 0.4) is 0 Å². The summed E-state index contributed by atoms with van der Waals surface area (Å²) in [5.74, 6) is 0.726. The number of hydrogen-bond donors (Lipinski definition) is 3. The van der Waals surface area contributed by atoms with Crippen molar-refractivity contribution in [1.82, 2.24) is 40.6 Å². The second kappa shape index (κ2) is 9.07. The summed E-state index contributed by atoms with van der Waals surface area (Å²) in [5.41, 5.74) is 5.67. The molecule has 3 N–H and O–H groups in total. The number of benzene rings is 1. The lowest BCUT2D eigenvalue weighted by Crippen LogP contribution is -2.30. The molecule has 1 fully saturated rings. The van der Waals surface area contributed by atoms with Crippen LogP contribution in [0.2, 0.25) is 0 Å². The highest BCUT2D eigenvalue weighted by molar-refractivity contribution is 5.89. The van der Waals surface area contributed by atoms with Gasteiger partial charge in [0.2, 0.25) is 11.8 Å². The highest BCUT2D eigenvalue weighted by atomic mass is 16.4. The smallest absolute Gasteiger partial charge is 0.309 e. The number of nitrogens with one attached hydrogen (secondary N) is 3. The fraction of sp³-hybridized carbons (Fsp3) is 0.385. The number of carbonyl (C=O) groups is 1. The Bertz CT molecular complexity index is 1460. The molecule has 190 valence electrons. The standard InChI is InChI=1S/C26H29N9O2/c1-15-21(13-28-32-15)31-25-27-10-6-19(30-25)16-4-5-18-17(12-16)14-35(3)11-7-20(18)29-22(36)23-33-34-24(37-23)26(2)8-9-26/h4-6,10,12-13,20H,7-9,11,14H2,1-3H3,(H,28,32)(H,29,36)(H,27,30,31)/t20-/m0/s1. The lowest BCUT2D eigenvalue weighted by molar-refractivity contribution is 0.0895. The lowest BCUT2D eigenvalue weighted by atomic mass is 9.96. The van der Waals surface area contributed by atoms with E-state index in [-0.39, 0.29) is 23.3 Å². The van der Waals surface area contributed by atoms with Gasteiger partial charge in [0, 0.05) is 30.3 Å². The van der Waals surface area contributed by atoms with Crippen molar-refractivity contribution in [2.75, 3.05) is 18.9 Å². The van der Waals surface area contributed by atoms with Crippen LogP contribution < -0.4 is 10.6 Å². The number of rotatable bonds is 6. The summed E-state index contributed by atoms with van der Waals surface area (Å²) in [4.78, 5) is 24.3. The van der Waals surface area contributed by atoms with Crippen molar-refractivity contribution < 1.29 is 9.21 Å². The van der Waals surface area contributed by atoms with E-state index in [2.05, 4.69) is 67.0 Å². The third kappa shape index (κ3) is 4.69. The molecule has 37 heavy (non-hydrogen) atoms. The van der Waals surface area contributed by atoms with Crippen molar-refractivity contribution in [1.29, 1.82) is 0 Å². The molecule has 11 heteroatoms. The summed E-state index contributed by atoms with van der Waals surface area (Å²) in [7, 11) is 2.08. The summed E-state index contributed by atoms with van der Waals surface area (Å²) >= 11 is 0. The van der Waals surface area contributed by atoms with E-state index >= 15 is 0 Å². The number of aromatic amines is 1. The van der Waals surface area contributed by atoms with Crippen LogP contribution in [0.25, 0.3) is 11.3 Å². The number of aromatic nitrogens is 6. The second-order valence-corrected chi connectivity index (χ2v) is 10.2. The van der Waals surface area contributed by atoms with Gasteiger partial charge in [0.1, 0.15) is 0 Å². The Morgan fingerprint density at radius 1 is 1.24 bits per heavy atom. The molecule has 1 aliphatic heterocycles. The molecule has 0 radical (unpaired) electrons. The second-order valence-electron chi connectivity index (χ2n) is 10.2. The van der Waals surface area contributed by atoms with Crippen LogP contribution >= 0.6 is 0 Å². The first kappa shape index (κ1) is 23.3. The van der Waals surface area contributed by atoms with Gasteiger partial charge in [-0.15, -0.1) is 10.2 Å². The number of carbonyl (C=O) groups excluding carboxylic acids is 1. The Hall–Kier alpha value is -4.12. The van der Waals surface area contributed by atoms with Gasteiger partial charge in [-0.3, -0.25) is 9.89 Å². The molecule has 0 saturated heterocycles. The number of hydrogen-bond acceptors (Lipinski definition) is 9. The molecule has 2 aliphatic rings. The minimum atomic E-state index is -0.339. The third-order valence-electron chi connectivity index (χ3n) is 7.23. The van der Waals surface area contributed by atoms with E-state index in [0.717, 1.165) is 66.1 Å². The Labute approximate surface area is 214 Å². The van der Waals surface area contributed by atoms with Crippen molar-refractivity contribution in [3.8, 4) is 11.3 Å². The number of nitrogens with zero attached hydrogens (tertiary/aromatic N) is 6. The first-order valence-electron chi connectivity index (χ1n) is 12.4. The van der Waals surface area contributed by atoms with Gasteiger partial charge in [-0.25, -0.2) is 9.97 Å². The van der Waals surface area contributed by atoms with Gasteiger partial charge < -0.3 is 20.0 Å². The first-order chi connectivity index (χ1) is 17.9. The highest BCUT2D eigenvalue weighted by Gasteiger charge is 2.44. The molecule has 0 unspecified atom stereocenters. The Morgan fingerprint density at radius 2 is 2.11 bits per heavy atom. The molecule has 3 aromatic heterocycles. The van der Waals surface area contributed by atoms with Crippen LogP contribution in [0.1, 0.15) is 65.6 Å². The third-order valence-corrected chi connectivity index (χ3v) is 7.23. The van der Waals surface area contributed by atoms with Gasteiger partial charge in [0.15, 0.2) is 0 Å². The molecule has 6 rings (SSSR count). The van der Waals surface area contributed by atoms with Crippen molar-refractivity contribution in [3.05, 3.63) is 65.3 Å². The first-order valence-corrected chi connectivity index (χ1v) is 12.4. The molecule has 11 nitrogen and oxygen atoms in total. The molecule has 4 aromatic rings. The zero-order chi connectivity index (χ0) is 25.6. The molecule has 4 heterocycles. The molecule has 1 atom stereocenters. The van der Waals surface area contributed by atoms with E-state index in [1.807, 2.05) is 19.1 Å². The normalized spacial score (nSPS) is 18.6. The lowest BCUT2D eigenvalue weighted by Gasteiger charge is -2.19. The summed E-state index contributed by atoms with van der Waals surface area (Å²) in [6.45, 7) is 5.62. The van der Waals surface area contributed by atoms with Gasteiger partial charge in [-0.2, -0.15) is 5.10 Å². The summed E-state index contributed by atoms with van der Waals surface area (Å²) < 4.78 is 5.72. The number of fused-ring (bicyclic) bond motifs is 1. The van der Waals surface area contributed by atoms with Gasteiger partial charge in [0.05, 0.1) is 29.3 Å². The average Bonchev–Trinajstić information content (AvgIpc) is 3.29. The van der Waals surface area contributed by atoms with Gasteiger partial charge in [0.25, 0.3) is 0 Å². The number of aryl methyl sites for hydroxylation is 1. The molecule has 1 aromatic carbocycles. The van der Waals surface area contributed by atoms with E-state index < -0.39 is 0 Å². The van der Waals surface area contributed by atoms with Crippen LogP contribution in [0, 0.1) is 6.92 Å². The van der Waals surface area contributed by atoms with Gasteiger partial charge >= 0.3 is 11.8 Å². The summed E-state index contributed by atoms with van der Waals surface area (Å²) in [6.07, 6.45) is 6.24.